The summed E-state index contributed by atoms with van der Waals surface area (Å²) in [7, 11) is 1.58. The van der Waals surface area contributed by atoms with Crippen LogP contribution in [0.1, 0.15) is 40.7 Å². The summed E-state index contributed by atoms with van der Waals surface area (Å²) in [6.45, 7) is 9.61. The lowest BCUT2D eigenvalue weighted by atomic mass is 10.0. The molecule has 4 rings (SSSR count). The van der Waals surface area contributed by atoms with Gasteiger partial charge in [0.25, 0.3) is 0 Å². The van der Waals surface area contributed by atoms with Gasteiger partial charge in [-0.15, -0.1) is 15.3 Å². The molecule has 0 radical (unpaired) electrons. The van der Waals surface area contributed by atoms with Crippen LogP contribution in [0.2, 0.25) is 0 Å². The molecule has 0 N–H and O–H groups in total. The summed E-state index contributed by atoms with van der Waals surface area (Å²) in [5.74, 6) is 0.305. The van der Waals surface area contributed by atoms with Gasteiger partial charge in [-0.3, -0.25) is 0 Å². The van der Waals surface area contributed by atoms with E-state index >= 15 is 0 Å². The van der Waals surface area contributed by atoms with Crippen molar-refractivity contribution in [3.05, 3.63) is 54.7 Å². The molecular weight excluding hydrogens is 458 g/mol. The van der Waals surface area contributed by atoms with Crippen LogP contribution < -0.4 is 4.74 Å². The first-order chi connectivity index (χ1) is 17.2. The minimum absolute atomic E-state index is 0.0239. The maximum atomic E-state index is 12.8. The molecule has 36 heavy (non-hydrogen) atoms. The average molecular weight is 490 g/mol. The van der Waals surface area contributed by atoms with Gasteiger partial charge in [-0.2, -0.15) is 0 Å². The molecule has 0 spiro atoms. The first-order valence-corrected chi connectivity index (χ1v) is 11.8. The van der Waals surface area contributed by atoms with Crippen LogP contribution in [0, 0.1) is 5.92 Å². The number of carbonyl (C=O) groups is 1. The van der Waals surface area contributed by atoms with E-state index in [2.05, 4.69) is 20.5 Å². The third-order valence-electron chi connectivity index (χ3n) is 5.45. The fourth-order valence-corrected chi connectivity index (χ4v) is 3.86. The van der Waals surface area contributed by atoms with Gasteiger partial charge in [-0.1, -0.05) is 37.3 Å². The predicted octanol–water partition coefficient (Wildman–Crippen LogP) is 5.08. The molecule has 9 heteroatoms. The summed E-state index contributed by atoms with van der Waals surface area (Å²) >= 11 is 0. The van der Waals surface area contributed by atoms with Gasteiger partial charge < -0.3 is 14.2 Å². The molecule has 9 nitrogen and oxygen atoms in total. The molecular formula is C27H31N5O4. The van der Waals surface area contributed by atoms with E-state index in [1.165, 1.54) is 0 Å². The van der Waals surface area contributed by atoms with Gasteiger partial charge in [0.2, 0.25) is 0 Å². The second kappa shape index (κ2) is 10.4. The molecule has 2 aromatic heterocycles. The maximum absolute atomic E-state index is 12.8. The van der Waals surface area contributed by atoms with Gasteiger partial charge in [0.1, 0.15) is 17.0 Å². The zero-order chi connectivity index (χ0) is 25.9. The Morgan fingerprint density at radius 3 is 2.50 bits per heavy atom. The second-order valence-electron chi connectivity index (χ2n) is 9.86. The highest BCUT2D eigenvalue weighted by molar-refractivity contribution is 5.86. The highest BCUT2D eigenvalue weighted by Gasteiger charge is 2.30. The number of carbonyl (C=O) groups excluding carboxylic acids is 1. The lowest BCUT2D eigenvalue weighted by Gasteiger charge is -2.25. The summed E-state index contributed by atoms with van der Waals surface area (Å²) in [6, 6.07) is 14.8. The molecule has 0 saturated carbocycles. The highest BCUT2D eigenvalue weighted by Crippen LogP contribution is 2.31. The number of para-hydroxylation sites is 1. The summed E-state index contributed by atoms with van der Waals surface area (Å²) in [4.78, 5) is 12.8. The van der Waals surface area contributed by atoms with Gasteiger partial charge in [0.15, 0.2) is 12.8 Å². The van der Waals surface area contributed by atoms with Gasteiger partial charge >= 0.3 is 5.97 Å². The van der Waals surface area contributed by atoms with Gasteiger partial charge in [-0.05, 0) is 57.0 Å². The number of fused-ring (bicyclic) bond motifs is 1. The van der Waals surface area contributed by atoms with Crippen LogP contribution in [0.5, 0.6) is 5.75 Å². The Kier molecular flexibility index (Phi) is 7.30. The number of methoxy groups -OCH3 is 1. The van der Waals surface area contributed by atoms with Crippen molar-refractivity contribution in [3.8, 4) is 28.3 Å². The summed E-state index contributed by atoms with van der Waals surface area (Å²) in [5.41, 5.74) is 3.16. The molecule has 0 aliphatic rings. The van der Waals surface area contributed by atoms with Crippen molar-refractivity contribution in [2.75, 3.05) is 13.9 Å². The Morgan fingerprint density at radius 2 is 1.78 bits per heavy atom. The molecule has 0 aliphatic carbocycles. The molecule has 0 saturated heterocycles. The zero-order valence-electron chi connectivity index (χ0n) is 21.4. The average Bonchev–Trinajstić information content (AvgIpc) is 3.30. The van der Waals surface area contributed by atoms with Gasteiger partial charge in [0, 0.05) is 23.6 Å². The number of benzene rings is 2. The fraction of sp³-hybridized carbons (Fsp3) is 0.370. The van der Waals surface area contributed by atoms with Crippen LogP contribution in [0.15, 0.2) is 54.7 Å². The van der Waals surface area contributed by atoms with E-state index in [0.29, 0.717) is 17.1 Å². The Balaban J connectivity index is 1.67. The maximum Gasteiger partial charge on any atom is 0.331 e. The van der Waals surface area contributed by atoms with Gasteiger partial charge in [-0.25, -0.2) is 9.48 Å². The Hall–Kier alpha value is -3.85. The van der Waals surface area contributed by atoms with Crippen molar-refractivity contribution in [2.24, 2.45) is 5.92 Å². The lowest BCUT2D eigenvalue weighted by molar-refractivity contribution is -0.161. The standard InChI is InChI=1S/C27H31N5O4/c1-17(2)25(26(33)36-27(3,4)5)32-15-23(30-31-32)18-11-12-21-19(13-18)14-22(29-28-21)20-9-7-8-10-24(20)35-16-34-6/h7-15,17,25H,16H2,1-6H3/t25-/m0/s1. The van der Waals surface area contributed by atoms with E-state index in [1.54, 1.807) is 18.0 Å². The third kappa shape index (κ3) is 5.68. The van der Waals surface area contributed by atoms with E-state index in [-0.39, 0.29) is 18.7 Å². The monoisotopic (exact) mass is 489 g/mol. The SMILES string of the molecule is COCOc1ccccc1-c1cc2cc(-c3cn([C@H](C(=O)OC(C)(C)C)C(C)C)nn3)ccc2nn1. The molecule has 1 atom stereocenters. The molecule has 0 unspecified atom stereocenters. The van der Waals surface area contributed by atoms with Crippen molar-refractivity contribution in [1.29, 1.82) is 0 Å². The van der Waals surface area contributed by atoms with Crippen molar-refractivity contribution >= 4 is 16.9 Å². The van der Waals surface area contributed by atoms with Crippen LogP contribution in [0.3, 0.4) is 0 Å². The quantitative estimate of drug-likeness (QED) is 0.250. The van der Waals surface area contributed by atoms with Crippen molar-refractivity contribution in [3.63, 3.8) is 0 Å². The number of hydrogen-bond acceptors (Lipinski definition) is 8. The third-order valence-corrected chi connectivity index (χ3v) is 5.45. The van der Waals surface area contributed by atoms with Crippen molar-refractivity contribution < 1.29 is 19.0 Å². The molecule has 2 heterocycles. The van der Waals surface area contributed by atoms with Crippen molar-refractivity contribution in [1.82, 2.24) is 25.2 Å². The largest absolute Gasteiger partial charge is 0.467 e. The van der Waals surface area contributed by atoms with Crippen LogP contribution >= 0.6 is 0 Å². The number of esters is 1. The minimum Gasteiger partial charge on any atom is -0.467 e. The molecule has 0 aliphatic heterocycles. The van der Waals surface area contributed by atoms with E-state index in [0.717, 1.165) is 22.0 Å². The highest BCUT2D eigenvalue weighted by atomic mass is 16.7. The van der Waals surface area contributed by atoms with Crippen molar-refractivity contribution in [2.45, 2.75) is 46.3 Å². The lowest BCUT2D eigenvalue weighted by Crippen LogP contribution is -2.33. The number of hydrogen-bond donors (Lipinski definition) is 0. The molecule has 4 aromatic rings. The van der Waals surface area contributed by atoms with E-state index < -0.39 is 11.6 Å². The molecule has 0 bridgehead atoms. The molecule has 0 amide bonds. The van der Waals surface area contributed by atoms with Crippen LogP contribution in [0.25, 0.3) is 33.4 Å². The Labute approximate surface area is 210 Å². The van der Waals surface area contributed by atoms with Crippen LogP contribution in [0.4, 0.5) is 0 Å². The Bertz CT molecular complexity index is 1360. The topological polar surface area (TPSA) is 101 Å². The number of rotatable bonds is 8. The molecule has 0 fully saturated rings. The first kappa shape index (κ1) is 25.2. The predicted molar refractivity (Wildman–Crippen MR) is 136 cm³/mol. The summed E-state index contributed by atoms with van der Waals surface area (Å²) in [5, 5.41) is 18.3. The van der Waals surface area contributed by atoms with E-state index in [9.17, 15) is 4.79 Å². The van der Waals surface area contributed by atoms with E-state index in [4.69, 9.17) is 14.2 Å². The first-order valence-electron chi connectivity index (χ1n) is 11.8. The second-order valence-corrected chi connectivity index (χ2v) is 9.86. The van der Waals surface area contributed by atoms with Crippen LogP contribution in [-0.4, -0.2) is 50.7 Å². The summed E-state index contributed by atoms with van der Waals surface area (Å²) in [6.07, 6.45) is 1.78. The number of aromatic nitrogens is 5. The number of ether oxygens (including phenoxy) is 3. The number of nitrogens with zero attached hydrogens (tertiary/aromatic N) is 5. The summed E-state index contributed by atoms with van der Waals surface area (Å²) < 4.78 is 17.9. The molecule has 188 valence electrons. The zero-order valence-corrected chi connectivity index (χ0v) is 21.4. The fourth-order valence-electron chi connectivity index (χ4n) is 3.86. The smallest absolute Gasteiger partial charge is 0.331 e. The Morgan fingerprint density at radius 1 is 1.00 bits per heavy atom. The van der Waals surface area contributed by atoms with Gasteiger partial charge in [0.05, 0.1) is 17.4 Å². The van der Waals surface area contributed by atoms with Crippen LogP contribution in [-0.2, 0) is 14.3 Å². The molecule has 2 aromatic carbocycles. The normalized spacial score (nSPS) is 12.6. The van der Waals surface area contributed by atoms with E-state index in [1.807, 2.05) is 83.1 Å². The minimum atomic E-state index is -0.585.